The molecule has 1 aliphatic heterocycles. The van der Waals surface area contributed by atoms with E-state index >= 15 is 0 Å². The second kappa shape index (κ2) is 8.42. The Morgan fingerprint density at radius 1 is 0.882 bits per heavy atom. The van der Waals surface area contributed by atoms with Gasteiger partial charge in [-0.1, -0.05) is 0 Å². The fourth-order valence-electron chi connectivity index (χ4n) is 4.13. The van der Waals surface area contributed by atoms with Crippen molar-refractivity contribution in [1.29, 1.82) is 0 Å². The molecule has 5 atom stereocenters. The first-order chi connectivity index (χ1) is 16.0. The quantitative estimate of drug-likeness (QED) is 0.180. The summed E-state index contributed by atoms with van der Waals surface area (Å²) in [5.41, 5.74) is -1.40. The predicted molar refractivity (Wildman–Crippen MR) is 110 cm³/mol. The number of benzene rings is 2. The Hall–Kier alpha value is -3.42. The summed E-state index contributed by atoms with van der Waals surface area (Å²) in [5, 5.41) is 70.7. The number of carbonyl (C=O) groups excluding carboxylic acids is 2. The zero-order valence-electron chi connectivity index (χ0n) is 17.9. The zero-order chi connectivity index (χ0) is 25.1. The number of aliphatic hydroxyl groups excluding tert-OH is 4. The van der Waals surface area contributed by atoms with Crippen molar-refractivity contribution in [2.24, 2.45) is 0 Å². The number of ketones is 2. The van der Waals surface area contributed by atoms with Gasteiger partial charge in [-0.2, -0.15) is 0 Å². The highest BCUT2D eigenvalue weighted by Crippen LogP contribution is 2.51. The van der Waals surface area contributed by atoms with E-state index in [9.17, 15) is 45.3 Å². The minimum atomic E-state index is -1.79. The molecule has 0 unspecified atom stereocenters. The minimum absolute atomic E-state index is 0.209. The van der Waals surface area contributed by atoms with Gasteiger partial charge in [0, 0.05) is 5.56 Å². The number of aryl methyl sites for hydroxylation is 1. The molecule has 0 aromatic heterocycles. The van der Waals surface area contributed by atoms with E-state index in [4.69, 9.17) is 14.2 Å². The number of ether oxygens (including phenoxy) is 3. The van der Waals surface area contributed by atoms with E-state index < -0.39 is 83.0 Å². The van der Waals surface area contributed by atoms with Crippen LogP contribution in [0.25, 0.3) is 0 Å². The molecule has 0 spiro atoms. The van der Waals surface area contributed by atoms with Crippen molar-refractivity contribution >= 4 is 11.6 Å². The van der Waals surface area contributed by atoms with E-state index in [-0.39, 0.29) is 16.9 Å². The minimum Gasteiger partial charge on any atom is -0.504 e. The van der Waals surface area contributed by atoms with Crippen LogP contribution in [0, 0.1) is 6.92 Å². The van der Waals surface area contributed by atoms with Crippen molar-refractivity contribution in [2.75, 3.05) is 13.7 Å². The van der Waals surface area contributed by atoms with E-state index in [0.29, 0.717) is 5.56 Å². The predicted octanol–water partition coefficient (Wildman–Crippen LogP) is -0.925. The number of aromatic hydroxyl groups is 3. The molecule has 0 bridgehead atoms. The highest BCUT2D eigenvalue weighted by molar-refractivity contribution is 6.31. The van der Waals surface area contributed by atoms with Crippen LogP contribution in [0.2, 0.25) is 0 Å². The van der Waals surface area contributed by atoms with Gasteiger partial charge < -0.3 is 50.0 Å². The first-order valence-corrected chi connectivity index (χ1v) is 10.1. The molecule has 2 aromatic carbocycles. The smallest absolute Gasteiger partial charge is 0.229 e. The van der Waals surface area contributed by atoms with Crippen molar-refractivity contribution in [3.63, 3.8) is 0 Å². The molecule has 0 radical (unpaired) electrons. The third-order valence-electron chi connectivity index (χ3n) is 5.85. The SMILES string of the molecule is COc1c(O)c(O)c2c(c1O)C(=O)c1cc(C)cc(O[C@@H]3O[C@H](CO)[C@@H](O)[C@H](O)[C@H]3O)c1C2=O. The number of methoxy groups -OCH3 is 1. The van der Waals surface area contributed by atoms with E-state index in [1.54, 1.807) is 6.92 Å². The van der Waals surface area contributed by atoms with Crippen LogP contribution in [0.3, 0.4) is 0 Å². The maximum absolute atomic E-state index is 13.4. The molecular formula is C22H22O12. The van der Waals surface area contributed by atoms with Gasteiger partial charge in [0.15, 0.2) is 17.3 Å². The Morgan fingerprint density at radius 2 is 1.53 bits per heavy atom. The standard InChI is InChI=1S/C22H22O12/c1-6-3-7-10(8(4-6)33-22-20(31)18(29)14(25)9(5-23)34-22)15(26)12-11(13(7)24)17(28)21(32-2)19(30)16(12)27/h3-4,9,14,18,20,22-23,25,27-31H,5H2,1-2H3/t9-,14-,18+,20-,22-/m1/s1. The Kier molecular flexibility index (Phi) is 5.87. The lowest BCUT2D eigenvalue weighted by atomic mass is 9.81. The van der Waals surface area contributed by atoms with Gasteiger partial charge in [0.25, 0.3) is 0 Å². The molecule has 34 heavy (non-hydrogen) atoms. The molecule has 1 aliphatic carbocycles. The van der Waals surface area contributed by atoms with Crippen molar-refractivity contribution in [1.82, 2.24) is 0 Å². The highest BCUT2D eigenvalue weighted by atomic mass is 16.7. The molecule has 12 heteroatoms. The van der Waals surface area contributed by atoms with Crippen LogP contribution in [0.4, 0.5) is 0 Å². The lowest BCUT2D eigenvalue weighted by molar-refractivity contribution is -0.277. The number of hydrogen-bond acceptors (Lipinski definition) is 12. The third kappa shape index (κ3) is 3.35. The molecule has 182 valence electrons. The monoisotopic (exact) mass is 478 g/mol. The number of phenols is 3. The number of fused-ring (bicyclic) bond motifs is 2. The maximum Gasteiger partial charge on any atom is 0.229 e. The average Bonchev–Trinajstić information content (AvgIpc) is 2.80. The maximum atomic E-state index is 13.4. The number of phenolic OH excluding ortho intramolecular Hbond substituents is 3. The van der Waals surface area contributed by atoms with Crippen LogP contribution in [0.5, 0.6) is 28.7 Å². The van der Waals surface area contributed by atoms with Crippen molar-refractivity contribution in [2.45, 2.75) is 37.6 Å². The zero-order valence-corrected chi connectivity index (χ0v) is 17.9. The Morgan fingerprint density at radius 3 is 2.15 bits per heavy atom. The van der Waals surface area contributed by atoms with Crippen molar-refractivity contribution in [3.05, 3.63) is 39.9 Å². The second-order valence-corrected chi connectivity index (χ2v) is 7.99. The summed E-state index contributed by atoms with van der Waals surface area (Å²) in [6, 6.07) is 2.67. The third-order valence-corrected chi connectivity index (χ3v) is 5.85. The van der Waals surface area contributed by atoms with Gasteiger partial charge in [0.2, 0.25) is 23.6 Å². The van der Waals surface area contributed by atoms with E-state index in [1.165, 1.54) is 12.1 Å². The Bertz CT molecular complexity index is 1190. The summed E-state index contributed by atoms with van der Waals surface area (Å²) in [6.45, 7) is 0.859. The molecule has 1 saturated heterocycles. The average molecular weight is 478 g/mol. The van der Waals surface area contributed by atoms with Crippen molar-refractivity contribution < 1.29 is 59.5 Å². The molecule has 2 aliphatic rings. The van der Waals surface area contributed by atoms with Gasteiger partial charge in [-0.25, -0.2) is 0 Å². The van der Waals surface area contributed by atoms with Crippen LogP contribution in [-0.2, 0) is 4.74 Å². The van der Waals surface area contributed by atoms with Crippen LogP contribution >= 0.6 is 0 Å². The molecule has 0 saturated carbocycles. The van der Waals surface area contributed by atoms with Gasteiger partial charge >= 0.3 is 0 Å². The number of aliphatic hydroxyl groups is 4. The van der Waals surface area contributed by atoms with Crippen LogP contribution in [-0.4, -0.2) is 91.7 Å². The fraction of sp³-hybridized carbons (Fsp3) is 0.364. The molecule has 0 amide bonds. The first kappa shape index (κ1) is 23.7. The summed E-state index contributed by atoms with van der Waals surface area (Å²) in [7, 11) is 1.08. The van der Waals surface area contributed by atoms with E-state index in [0.717, 1.165) is 7.11 Å². The molecule has 7 N–H and O–H groups in total. The summed E-state index contributed by atoms with van der Waals surface area (Å²) < 4.78 is 15.8. The largest absolute Gasteiger partial charge is 0.504 e. The fourth-order valence-corrected chi connectivity index (χ4v) is 4.13. The molecule has 1 heterocycles. The molecule has 12 nitrogen and oxygen atoms in total. The van der Waals surface area contributed by atoms with Crippen LogP contribution in [0.1, 0.15) is 37.4 Å². The molecule has 4 rings (SSSR count). The van der Waals surface area contributed by atoms with Gasteiger partial charge in [0.05, 0.1) is 30.4 Å². The van der Waals surface area contributed by atoms with Crippen molar-refractivity contribution in [3.8, 4) is 28.7 Å². The Balaban J connectivity index is 1.85. The number of hydrogen-bond donors (Lipinski definition) is 7. The summed E-state index contributed by atoms with van der Waals surface area (Å²) >= 11 is 0. The second-order valence-electron chi connectivity index (χ2n) is 7.99. The summed E-state index contributed by atoms with van der Waals surface area (Å²) in [5.74, 6) is -5.52. The first-order valence-electron chi connectivity index (χ1n) is 10.1. The summed E-state index contributed by atoms with van der Waals surface area (Å²) in [6.07, 6.45) is -8.12. The van der Waals surface area contributed by atoms with E-state index in [2.05, 4.69) is 0 Å². The van der Waals surface area contributed by atoms with Gasteiger partial charge in [0.1, 0.15) is 30.2 Å². The lowest BCUT2D eigenvalue weighted by Gasteiger charge is -2.39. The van der Waals surface area contributed by atoms with Crippen LogP contribution in [0.15, 0.2) is 12.1 Å². The Labute approximate surface area is 191 Å². The number of rotatable bonds is 4. The van der Waals surface area contributed by atoms with Gasteiger partial charge in [-0.3, -0.25) is 9.59 Å². The topological polar surface area (TPSA) is 203 Å². The van der Waals surface area contributed by atoms with Crippen LogP contribution < -0.4 is 9.47 Å². The molecule has 1 fully saturated rings. The van der Waals surface area contributed by atoms with Gasteiger partial charge in [-0.05, 0) is 24.6 Å². The molecular weight excluding hydrogens is 456 g/mol. The van der Waals surface area contributed by atoms with Gasteiger partial charge in [-0.15, -0.1) is 0 Å². The normalized spacial score (nSPS) is 26.1. The number of carbonyl (C=O) groups is 2. The summed E-state index contributed by atoms with van der Waals surface area (Å²) in [4.78, 5) is 26.6. The molecule has 2 aromatic rings. The lowest BCUT2D eigenvalue weighted by Crippen LogP contribution is -2.60. The van der Waals surface area contributed by atoms with E-state index in [1.807, 2.05) is 0 Å². The highest BCUT2D eigenvalue weighted by Gasteiger charge is 2.46.